The number of rotatable bonds is 2. The first-order valence-corrected chi connectivity index (χ1v) is 4.10. The van der Waals surface area contributed by atoms with Crippen LogP contribution >= 0.6 is 11.6 Å². The molecule has 1 radical (unpaired) electrons. The van der Waals surface area contributed by atoms with E-state index in [9.17, 15) is 4.79 Å². The fraction of sp³-hybridized carbons (Fsp3) is 0.429. The van der Waals surface area contributed by atoms with Gasteiger partial charge in [-0.25, -0.2) is 4.68 Å². The van der Waals surface area contributed by atoms with Crippen molar-refractivity contribution in [2.24, 2.45) is 7.05 Å². The minimum absolute atomic E-state index is 0.110. The Morgan fingerprint density at radius 1 is 1.75 bits per heavy atom. The molecule has 12 heavy (non-hydrogen) atoms. The molecule has 1 rings (SSSR count). The Labute approximate surface area is 76.6 Å². The van der Waals surface area contributed by atoms with Crippen molar-refractivity contribution in [3.8, 4) is 0 Å². The van der Waals surface area contributed by atoms with E-state index >= 15 is 0 Å². The Hall–Kier alpha value is -0.765. The molecule has 0 aliphatic heterocycles. The van der Waals surface area contributed by atoms with Crippen LogP contribution in [0.3, 0.4) is 0 Å². The molecule has 63 valence electrons. The van der Waals surface area contributed by atoms with Gasteiger partial charge in [0.2, 0.25) is 0 Å². The maximum atomic E-state index is 11.3. The lowest BCUT2D eigenvalue weighted by Gasteiger charge is -2.00. The summed E-state index contributed by atoms with van der Waals surface area (Å²) in [5.74, 6) is 0. The average Bonchev–Trinajstić information content (AvgIpc) is 2.00. The van der Waals surface area contributed by atoms with Crippen molar-refractivity contribution in [3.63, 3.8) is 0 Å². The number of halogens is 1. The molecule has 0 aliphatic rings. The van der Waals surface area contributed by atoms with Crippen molar-refractivity contribution in [1.29, 1.82) is 0 Å². The number of hydrogen-bond acceptors (Lipinski definition) is 2. The molecular weight excluding hydrogens is 174 g/mol. The maximum absolute atomic E-state index is 11.3. The number of hydrogen-bond donors (Lipinski definition) is 0. The van der Waals surface area contributed by atoms with Gasteiger partial charge < -0.3 is 0 Å². The normalized spacial score (nSPS) is 9.92. The summed E-state index contributed by atoms with van der Waals surface area (Å²) in [4.78, 5) is 11.3. The average molecular weight is 183 g/mol. The molecule has 0 bridgehead atoms. The van der Waals surface area contributed by atoms with Crippen LogP contribution in [0.25, 0.3) is 0 Å². The predicted molar refractivity (Wildman–Crippen MR) is 50.4 cm³/mol. The van der Waals surface area contributed by atoms with Crippen LogP contribution in [0.1, 0.15) is 6.92 Å². The molecular formula is C7H9BClN2O. The van der Waals surface area contributed by atoms with Gasteiger partial charge in [0.1, 0.15) is 5.15 Å². The first-order chi connectivity index (χ1) is 5.65. The molecule has 0 spiro atoms. The number of nitrogens with zero attached hydrogens (tertiary/aromatic N) is 2. The van der Waals surface area contributed by atoms with Gasteiger partial charge in [-0.15, -0.1) is 0 Å². The van der Waals surface area contributed by atoms with Crippen LogP contribution in [0.15, 0.2) is 10.9 Å². The van der Waals surface area contributed by atoms with Crippen molar-refractivity contribution in [3.05, 3.63) is 21.6 Å². The Balaban J connectivity index is 3.19. The van der Waals surface area contributed by atoms with E-state index in [4.69, 9.17) is 11.6 Å². The second-order valence-corrected chi connectivity index (χ2v) is 2.85. The number of aryl methyl sites for hydroxylation is 1. The summed E-state index contributed by atoms with van der Waals surface area (Å²) in [5.41, 5.74) is 0.501. The van der Waals surface area contributed by atoms with E-state index in [1.807, 2.05) is 14.2 Å². The van der Waals surface area contributed by atoms with Gasteiger partial charge in [0.25, 0.3) is 5.56 Å². The van der Waals surface area contributed by atoms with Crippen LogP contribution in [0.5, 0.6) is 0 Å². The third-order valence-corrected chi connectivity index (χ3v) is 1.67. The third-order valence-electron chi connectivity index (χ3n) is 1.49. The zero-order valence-corrected chi connectivity index (χ0v) is 7.80. The molecule has 0 saturated carbocycles. The van der Waals surface area contributed by atoms with E-state index in [1.165, 1.54) is 4.68 Å². The standard InChI is InChI=1S/C7H9BClN2O/c1-3-8-5-4-6(9)10-11(2)7(5)12/h4H,3H2,1-2H3. The van der Waals surface area contributed by atoms with Gasteiger partial charge in [0.15, 0.2) is 7.28 Å². The molecule has 0 unspecified atom stereocenters. The summed E-state index contributed by atoms with van der Waals surface area (Å²) >= 11 is 5.67. The fourth-order valence-corrected chi connectivity index (χ4v) is 1.19. The lowest BCUT2D eigenvalue weighted by atomic mass is 9.69. The second kappa shape index (κ2) is 3.76. The van der Waals surface area contributed by atoms with Gasteiger partial charge in [-0.2, -0.15) is 5.10 Å². The van der Waals surface area contributed by atoms with Crippen molar-refractivity contribution in [1.82, 2.24) is 9.78 Å². The van der Waals surface area contributed by atoms with Crippen LogP contribution in [-0.2, 0) is 7.05 Å². The van der Waals surface area contributed by atoms with E-state index in [-0.39, 0.29) is 5.56 Å². The van der Waals surface area contributed by atoms with Gasteiger partial charge in [0.05, 0.1) is 0 Å². The summed E-state index contributed by atoms with van der Waals surface area (Å²) in [5, 5.41) is 4.11. The third kappa shape index (κ3) is 1.88. The Morgan fingerprint density at radius 3 is 3.00 bits per heavy atom. The van der Waals surface area contributed by atoms with Crippen molar-refractivity contribution >= 4 is 24.3 Å². The molecule has 0 amide bonds. The molecule has 0 N–H and O–H groups in total. The van der Waals surface area contributed by atoms with Crippen LogP contribution in [0.2, 0.25) is 11.5 Å². The van der Waals surface area contributed by atoms with Gasteiger partial charge in [0, 0.05) is 7.05 Å². The molecule has 3 nitrogen and oxygen atoms in total. The van der Waals surface area contributed by atoms with Crippen LogP contribution in [-0.4, -0.2) is 17.1 Å². The molecule has 1 heterocycles. The highest BCUT2D eigenvalue weighted by Crippen LogP contribution is 1.95. The molecule has 1 aromatic rings. The van der Waals surface area contributed by atoms with E-state index in [1.54, 1.807) is 13.1 Å². The van der Waals surface area contributed by atoms with E-state index < -0.39 is 0 Å². The van der Waals surface area contributed by atoms with Gasteiger partial charge in [-0.05, 0) is 11.5 Å². The monoisotopic (exact) mass is 183 g/mol. The first-order valence-electron chi connectivity index (χ1n) is 3.72. The first kappa shape index (κ1) is 9.32. The SMILES string of the molecule is CC[B]c1cc(Cl)nn(C)c1=O. The van der Waals surface area contributed by atoms with Gasteiger partial charge in [-0.1, -0.05) is 24.8 Å². The van der Waals surface area contributed by atoms with Crippen LogP contribution in [0, 0.1) is 0 Å². The quantitative estimate of drug-likeness (QED) is 0.614. The Bertz CT molecular complexity index is 337. The summed E-state index contributed by atoms with van der Waals surface area (Å²) in [7, 11) is 3.41. The summed E-state index contributed by atoms with van der Waals surface area (Å²) in [6, 6.07) is 1.58. The van der Waals surface area contributed by atoms with E-state index in [2.05, 4.69) is 5.10 Å². The smallest absolute Gasteiger partial charge is 0.260 e. The zero-order valence-electron chi connectivity index (χ0n) is 7.04. The highest BCUT2D eigenvalue weighted by Gasteiger charge is 2.03. The molecule has 0 atom stereocenters. The summed E-state index contributed by atoms with van der Waals surface area (Å²) in [6.45, 7) is 1.97. The highest BCUT2D eigenvalue weighted by molar-refractivity contribution is 6.53. The number of aromatic nitrogens is 2. The largest absolute Gasteiger partial charge is 0.268 e. The van der Waals surface area contributed by atoms with Crippen molar-refractivity contribution in [2.75, 3.05) is 0 Å². The fourth-order valence-electron chi connectivity index (χ4n) is 0.961. The molecule has 0 aromatic carbocycles. The van der Waals surface area contributed by atoms with E-state index in [0.29, 0.717) is 10.6 Å². The second-order valence-electron chi connectivity index (χ2n) is 2.46. The van der Waals surface area contributed by atoms with Crippen molar-refractivity contribution in [2.45, 2.75) is 13.2 Å². The minimum Gasteiger partial charge on any atom is -0.268 e. The lowest BCUT2D eigenvalue weighted by Crippen LogP contribution is -2.38. The van der Waals surface area contributed by atoms with Crippen LogP contribution in [0.4, 0.5) is 0 Å². The van der Waals surface area contributed by atoms with Gasteiger partial charge in [-0.3, -0.25) is 4.79 Å². The Kier molecular flexibility index (Phi) is 2.92. The van der Waals surface area contributed by atoms with Crippen LogP contribution < -0.4 is 11.0 Å². The summed E-state index contributed by atoms with van der Waals surface area (Å²) in [6.07, 6.45) is 0.815. The molecule has 5 heteroatoms. The molecule has 0 fully saturated rings. The topological polar surface area (TPSA) is 34.9 Å². The molecule has 0 aliphatic carbocycles. The highest BCUT2D eigenvalue weighted by atomic mass is 35.5. The molecule has 0 saturated heterocycles. The Morgan fingerprint density at radius 2 is 2.42 bits per heavy atom. The molecule has 1 aromatic heterocycles. The van der Waals surface area contributed by atoms with Gasteiger partial charge >= 0.3 is 0 Å². The van der Waals surface area contributed by atoms with E-state index in [0.717, 1.165) is 6.32 Å². The lowest BCUT2D eigenvalue weighted by molar-refractivity contribution is 0.713. The summed E-state index contributed by atoms with van der Waals surface area (Å²) < 4.78 is 1.24. The van der Waals surface area contributed by atoms with Crippen molar-refractivity contribution < 1.29 is 0 Å². The maximum Gasteiger partial charge on any atom is 0.260 e. The zero-order chi connectivity index (χ0) is 9.14. The minimum atomic E-state index is -0.110. The predicted octanol–water partition coefficient (Wildman–Crippen LogP) is 0.201.